The summed E-state index contributed by atoms with van der Waals surface area (Å²) >= 11 is 0. The molecule has 2 rings (SSSR count). The average Bonchev–Trinajstić information content (AvgIpc) is 2.26. The number of amides is 1. The molecule has 0 aromatic carbocycles. The van der Waals surface area contributed by atoms with Crippen molar-refractivity contribution in [3.05, 3.63) is 0 Å². The molecular weight excluding hydrogens is 254 g/mol. The summed E-state index contributed by atoms with van der Waals surface area (Å²) in [4.78, 5) is 11.6. The molecule has 0 atom stereocenters. The van der Waals surface area contributed by atoms with Gasteiger partial charge in [0.25, 0.3) is 0 Å². The highest BCUT2D eigenvalue weighted by Crippen LogP contribution is 2.24. The van der Waals surface area contributed by atoms with Crippen LogP contribution in [-0.4, -0.2) is 35.9 Å². The molecule has 2 aliphatic rings. The molecule has 2 aliphatic carbocycles. The molecule has 2 fully saturated rings. The second-order valence-corrected chi connectivity index (χ2v) is 7.29. The van der Waals surface area contributed by atoms with E-state index in [1.807, 2.05) is 20.8 Å². The number of nitrogens with two attached hydrogens (primary N) is 1. The lowest BCUT2D eigenvalue weighted by molar-refractivity contribution is 0.0461. The summed E-state index contributed by atoms with van der Waals surface area (Å²) < 4.78 is 5.26. The van der Waals surface area contributed by atoms with E-state index in [1.165, 1.54) is 12.8 Å². The minimum atomic E-state index is -0.424. The standard InChI is InChI=1S/C15H29N3O2/c1-15(2,3)20-14(19)18-13-8-12(9-13)17-11-6-4-10(16)5-7-11/h10-13,17H,4-9,16H2,1-3H3,(H,18,19). The van der Waals surface area contributed by atoms with Crippen LogP contribution in [0.4, 0.5) is 4.79 Å². The summed E-state index contributed by atoms with van der Waals surface area (Å²) in [7, 11) is 0. The average molecular weight is 283 g/mol. The predicted molar refractivity (Wildman–Crippen MR) is 79.5 cm³/mol. The van der Waals surface area contributed by atoms with Crippen molar-refractivity contribution >= 4 is 6.09 Å². The summed E-state index contributed by atoms with van der Waals surface area (Å²) in [5.41, 5.74) is 5.49. The lowest BCUT2D eigenvalue weighted by Gasteiger charge is -2.40. The van der Waals surface area contributed by atoms with E-state index in [1.54, 1.807) is 0 Å². The predicted octanol–water partition coefficient (Wildman–Crippen LogP) is 1.90. The summed E-state index contributed by atoms with van der Waals surface area (Å²) in [6, 6.07) is 1.81. The molecule has 20 heavy (non-hydrogen) atoms. The van der Waals surface area contributed by atoms with Crippen molar-refractivity contribution in [3.63, 3.8) is 0 Å². The number of ether oxygens (including phenoxy) is 1. The van der Waals surface area contributed by atoms with Crippen LogP contribution in [0.3, 0.4) is 0 Å². The van der Waals surface area contributed by atoms with Gasteiger partial charge >= 0.3 is 6.09 Å². The maximum absolute atomic E-state index is 11.6. The van der Waals surface area contributed by atoms with Gasteiger partial charge in [0.15, 0.2) is 0 Å². The van der Waals surface area contributed by atoms with Crippen LogP contribution >= 0.6 is 0 Å². The van der Waals surface area contributed by atoms with E-state index in [9.17, 15) is 4.79 Å². The normalized spacial score (nSPS) is 34.2. The molecule has 0 saturated heterocycles. The molecule has 0 radical (unpaired) electrons. The van der Waals surface area contributed by atoms with Crippen LogP contribution in [0.1, 0.15) is 59.3 Å². The minimum Gasteiger partial charge on any atom is -0.444 e. The molecule has 0 heterocycles. The Morgan fingerprint density at radius 2 is 1.65 bits per heavy atom. The number of nitrogens with one attached hydrogen (secondary N) is 2. The highest BCUT2D eigenvalue weighted by Gasteiger charge is 2.33. The monoisotopic (exact) mass is 283 g/mol. The van der Waals surface area contributed by atoms with Crippen LogP contribution in [0.25, 0.3) is 0 Å². The van der Waals surface area contributed by atoms with Crippen molar-refractivity contribution < 1.29 is 9.53 Å². The number of rotatable bonds is 3. The van der Waals surface area contributed by atoms with Crippen molar-refractivity contribution in [2.45, 2.75) is 89.1 Å². The topological polar surface area (TPSA) is 76.4 Å². The summed E-state index contributed by atoms with van der Waals surface area (Å²) in [5.74, 6) is 0. The van der Waals surface area contributed by atoms with Gasteiger partial charge in [0.2, 0.25) is 0 Å². The van der Waals surface area contributed by atoms with E-state index in [0.717, 1.165) is 25.7 Å². The Kier molecular flexibility index (Phi) is 4.91. The van der Waals surface area contributed by atoms with Crippen molar-refractivity contribution in [1.29, 1.82) is 0 Å². The molecule has 116 valence electrons. The van der Waals surface area contributed by atoms with Gasteiger partial charge in [-0.1, -0.05) is 0 Å². The number of hydrogen-bond acceptors (Lipinski definition) is 4. The molecule has 5 nitrogen and oxygen atoms in total. The molecule has 0 aromatic rings. The molecule has 2 saturated carbocycles. The Bertz CT molecular complexity index is 327. The summed E-state index contributed by atoms with van der Waals surface area (Å²) in [5, 5.41) is 6.61. The smallest absolute Gasteiger partial charge is 0.407 e. The first kappa shape index (κ1) is 15.6. The van der Waals surface area contributed by atoms with Crippen LogP contribution in [0, 0.1) is 0 Å². The SMILES string of the molecule is CC(C)(C)OC(=O)NC1CC(NC2CCC(N)CC2)C1. The number of alkyl carbamates (subject to hydrolysis) is 1. The van der Waals surface area contributed by atoms with E-state index in [4.69, 9.17) is 10.5 Å². The van der Waals surface area contributed by atoms with E-state index in [0.29, 0.717) is 18.1 Å². The Balaban J connectivity index is 1.59. The maximum Gasteiger partial charge on any atom is 0.407 e. The number of carbonyl (C=O) groups excluding carboxylic acids is 1. The third kappa shape index (κ3) is 4.94. The lowest BCUT2D eigenvalue weighted by Crippen LogP contribution is -2.55. The van der Waals surface area contributed by atoms with E-state index in [-0.39, 0.29) is 12.1 Å². The Morgan fingerprint density at radius 1 is 1.05 bits per heavy atom. The van der Waals surface area contributed by atoms with Crippen LogP contribution in [-0.2, 0) is 4.74 Å². The van der Waals surface area contributed by atoms with Gasteiger partial charge in [-0.3, -0.25) is 0 Å². The molecule has 0 unspecified atom stereocenters. The Labute approximate surface area is 122 Å². The van der Waals surface area contributed by atoms with Gasteiger partial charge in [0, 0.05) is 24.2 Å². The van der Waals surface area contributed by atoms with E-state index >= 15 is 0 Å². The molecule has 1 amide bonds. The van der Waals surface area contributed by atoms with Gasteiger partial charge in [0.1, 0.15) is 5.60 Å². The zero-order valence-electron chi connectivity index (χ0n) is 12.9. The Morgan fingerprint density at radius 3 is 2.20 bits per heavy atom. The quantitative estimate of drug-likeness (QED) is 0.739. The molecule has 4 N–H and O–H groups in total. The van der Waals surface area contributed by atoms with Crippen molar-refractivity contribution in [1.82, 2.24) is 10.6 Å². The molecule has 0 aliphatic heterocycles. The second kappa shape index (κ2) is 6.31. The minimum absolute atomic E-state index is 0.258. The zero-order chi connectivity index (χ0) is 14.8. The molecule has 0 spiro atoms. The van der Waals surface area contributed by atoms with Gasteiger partial charge in [0.05, 0.1) is 0 Å². The fourth-order valence-electron chi connectivity index (χ4n) is 2.97. The lowest BCUT2D eigenvalue weighted by atomic mass is 9.84. The maximum atomic E-state index is 11.6. The first-order chi connectivity index (χ1) is 9.32. The first-order valence-corrected chi connectivity index (χ1v) is 7.83. The van der Waals surface area contributed by atoms with Crippen molar-refractivity contribution in [2.75, 3.05) is 0 Å². The largest absolute Gasteiger partial charge is 0.444 e. The third-order valence-corrected chi connectivity index (χ3v) is 4.10. The van der Waals surface area contributed by atoms with Gasteiger partial charge in [-0.25, -0.2) is 4.79 Å². The first-order valence-electron chi connectivity index (χ1n) is 7.83. The van der Waals surface area contributed by atoms with Crippen LogP contribution < -0.4 is 16.4 Å². The van der Waals surface area contributed by atoms with Gasteiger partial charge in [-0.05, 0) is 59.3 Å². The van der Waals surface area contributed by atoms with Crippen LogP contribution in [0.2, 0.25) is 0 Å². The highest BCUT2D eigenvalue weighted by molar-refractivity contribution is 5.68. The van der Waals surface area contributed by atoms with Crippen LogP contribution in [0.15, 0.2) is 0 Å². The molecular formula is C15H29N3O2. The number of carbonyl (C=O) groups is 1. The van der Waals surface area contributed by atoms with Crippen LogP contribution in [0.5, 0.6) is 0 Å². The Hall–Kier alpha value is -0.810. The fourth-order valence-corrected chi connectivity index (χ4v) is 2.97. The third-order valence-electron chi connectivity index (χ3n) is 4.10. The molecule has 0 aromatic heterocycles. The van der Waals surface area contributed by atoms with Gasteiger partial charge in [-0.15, -0.1) is 0 Å². The summed E-state index contributed by atoms with van der Waals surface area (Å²) in [6.45, 7) is 5.64. The molecule has 5 heteroatoms. The van der Waals surface area contributed by atoms with Crippen molar-refractivity contribution in [3.8, 4) is 0 Å². The second-order valence-electron chi connectivity index (χ2n) is 7.29. The molecule has 0 bridgehead atoms. The van der Waals surface area contributed by atoms with E-state index < -0.39 is 5.60 Å². The van der Waals surface area contributed by atoms with E-state index in [2.05, 4.69) is 10.6 Å². The zero-order valence-corrected chi connectivity index (χ0v) is 12.9. The van der Waals surface area contributed by atoms with Gasteiger partial charge < -0.3 is 21.1 Å². The fraction of sp³-hybridized carbons (Fsp3) is 0.933. The highest BCUT2D eigenvalue weighted by atomic mass is 16.6. The summed E-state index contributed by atoms with van der Waals surface area (Å²) in [6.07, 6.45) is 6.32. The van der Waals surface area contributed by atoms with Gasteiger partial charge in [-0.2, -0.15) is 0 Å². The van der Waals surface area contributed by atoms with Crippen molar-refractivity contribution in [2.24, 2.45) is 5.73 Å². The number of hydrogen-bond donors (Lipinski definition) is 3.